The second-order valence-electron chi connectivity index (χ2n) is 4.15. The molecule has 1 aromatic carbocycles. The summed E-state index contributed by atoms with van der Waals surface area (Å²) in [7, 11) is 2.14. The smallest absolute Gasteiger partial charge is 0.125 e. The standard InChI is InChI=1S/C12H17FN2/c1-15(12-5-6-12)8-7-14-11-4-2-3-10(13)9-11/h2-4,9,12,14H,5-8H2,1H3. The van der Waals surface area contributed by atoms with Crippen molar-refractivity contribution >= 4 is 5.69 Å². The first kappa shape index (κ1) is 10.4. The van der Waals surface area contributed by atoms with Gasteiger partial charge in [-0.2, -0.15) is 0 Å². The first-order valence-corrected chi connectivity index (χ1v) is 5.45. The lowest BCUT2D eigenvalue weighted by atomic mass is 10.3. The molecule has 0 atom stereocenters. The summed E-state index contributed by atoms with van der Waals surface area (Å²) in [6.45, 7) is 1.89. The molecule has 0 amide bonds. The largest absolute Gasteiger partial charge is 0.384 e. The third-order valence-electron chi connectivity index (χ3n) is 2.79. The highest BCUT2D eigenvalue weighted by molar-refractivity contribution is 5.42. The van der Waals surface area contributed by atoms with Crippen molar-refractivity contribution < 1.29 is 4.39 Å². The quantitative estimate of drug-likeness (QED) is 0.799. The molecular formula is C12H17FN2. The van der Waals surface area contributed by atoms with E-state index < -0.39 is 0 Å². The van der Waals surface area contributed by atoms with E-state index in [4.69, 9.17) is 0 Å². The number of halogens is 1. The zero-order valence-corrected chi connectivity index (χ0v) is 9.04. The minimum Gasteiger partial charge on any atom is -0.384 e. The number of likely N-dealkylation sites (N-methyl/N-ethyl adjacent to an activating group) is 1. The molecule has 0 bridgehead atoms. The number of anilines is 1. The number of hydrogen-bond donors (Lipinski definition) is 1. The van der Waals surface area contributed by atoms with Crippen LogP contribution in [0.1, 0.15) is 12.8 Å². The normalized spacial score (nSPS) is 15.7. The molecule has 82 valence electrons. The molecule has 2 rings (SSSR count). The van der Waals surface area contributed by atoms with Crippen LogP contribution in [-0.2, 0) is 0 Å². The molecule has 15 heavy (non-hydrogen) atoms. The Kier molecular flexibility index (Phi) is 3.21. The van der Waals surface area contributed by atoms with Crippen molar-refractivity contribution in [2.75, 3.05) is 25.5 Å². The van der Waals surface area contributed by atoms with Crippen LogP contribution in [0.3, 0.4) is 0 Å². The first-order valence-electron chi connectivity index (χ1n) is 5.45. The lowest BCUT2D eigenvalue weighted by Crippen LogP contribution is -2.26. The maximum absolute atomic E-state index is 12.8. The Balaban J connectivity index is 1.73. The van der Waals surface area contributed by atoms with Crippen LogP contribution in [0.5, 0.6) is 0 Å². The fourth-order valence-corrected chi connectivity index (χ4v) is 1.67. The van der Waals surface area contributed by atoms with Gasteiger partial charge in [-0.25, -0.2) is 4.39 Å². The van der Waals surface area contributed by atoms with Crippen molar-refractivity contribution in [1.29, 1.82) is 0 Å². The Morgan fingerprint density at radius 2 is 2.27 bits per heavy atom. The van der Waals surface area contributed by atoms with Crippen LogP contribution in [0.2, 0.25) is 0 Å². The third-order valence-corrected chi connectivity index (χ3v) is 2.79. The summed E-state index contributed by atoms with van der Waals surface area (Å²) in [6.07, 6.45) is 2.66. The van der Waals surface area contributed by atoms with E-state index in [1.807, 2.05) is 6.07 Å². The van der Waals surface area contributed by atoms with Gasteiger partial charge in [0.2, 0.25) is 0 Å². The Morgan fingerprint density at radius 3 is 2.93 bits per heavy atom. The number of nitrogens with one attached hydrogen (secondary N) is 1. The van der Waals surface area contributed by atoms with E-state index in [-0.39, 0.29) is 5.82 Å². The van der Waals surface area contributed by atoms with E-state index in [9.17, 15) is 4.39 Å². The van der Waals surface area contributed by atoms with Crippen molar-refractivity contribution in [3.63, 3.8) is 0 Å². The van der Waals surface area contributed by atoms with E-state index in [1.165, 1.54) is 25.0 Å². The summed E-state index contributed by atoms with van der Waals surface area (Å²) in [5, 5.41) is 3.22. The van der Waals surface area contributed by atoms with Crippen molar-refractivity contribution in [1.82, 2.24) is 4.90 Å². The van der Waals surface area contributed by atoms with Crippen LogP contribution < -0.4 is 5.32 Å². The van der Waals surface area contributed by atoms with Gasteiger partial charge in [0.15, 0.2) is 0 Å². The Labute approximate surface area is 90.1 Å². The molecule has 0 saturated heterocycles. The molecule has 1 N–H and O–H groups in total. The summed E-state index contributed by atoms with van der Waals surface area (Å²) < 4.78 is 12.8. The van der Waals surface area contributed by atoms with Gasteiger partial charge in [0.05, 0.1) is 0 Å². The molecule has 0 spiro atoms. The minimum absolute atomic E-state index is 0.185. The van der Waals surface area contributed by atoms with Crippen LogP contribution >= 0.6 is 0 Å². The molecule has 1 aliphatic carbocycles. The first-order chi connectivity index (χ1) is 7.25. The average Bonchev–Trinajstić information content (AvgIpc) is 3.00. The van der Waals surface area contributed by atoms with Crippen molar-refractivity contribution in [2.24, 2.45) is 0 Å². The summed E-state index contributed by atoms with van der Waals surface area (Å²) in [6, 6.07) is 7.39. The van der Waals surface area contributed by atoms with Crippen LogP contribution in [0.25, 0.3) is 0 Å². The molecular weight excluding hydrogens is 191 g/mol. The molecule has 1 fully saturated rings. The zero-order chi connectivity index (χ0) is 10.7. The van der Waals surface area contributed by atoms with Gasteiger partial charge in [-0.05, 0) is 38.1 Å². The summed E-state index contributed by atoms with van der Waals surface area (Å²) in [5.74, 6) is -0.185. The number of benzene rings is 1. The molecule has 1 aliphatic rings. The number of nitrogens with zero attached hydrogens (tertiary/aromatic N) is 1. The predicted molar refractivity (Wildman–Crippen MR) is 60.5 cm³/mol. The lowest BCUT2D eigenvalue weighted by molar-refractivity contribution is 0.337. The average molecular weight is 208 g/mol. The van der Waals surface area contributed by atoms with Gasteiger partial charge >= 0.3 is 0 Å². The predicted octanol–water partition coefficient (Wildman–Crippen LogP) is 2.33. The fraction of sp³-hybridized carbons (Fsp3) is 0.500. The highest BCUT2D eigenvalue weighted by atomic mass is 19.1. The van der Waals surface area contributed by atoms with E-state index in [1.54, 1.807) is 6.07 Å². The van der Waals surface area contributed by atoms with Crippen molar-refractivity contribution in [3.8, 4) is 0 Å². The topological polar surface area (TPSA) is 15.3 Å². The Bertz CT molecular complexity index is 323. The van der Waals surface area contributed by atoms with E-state index in [0.717, 1.165) is 24.8 Å². The summed E-state index contributed by atoms with van der Waals surface area (Å²) in [4.78, 5) is 2.35. The van der Waals surface area contributed by atoms with Crippen LogP contribution in [0.4, 0.5) is 10.1 Å². The molecule has 1 aromatic rings. The molecule has 0 heterocycles. The third kappa shape index (κ3) is 3.20. The number of hydrogen-bond acceptors (Lipinski definition) is 2. The molecule has 2 nitrogen and oxygen atoms in total. The van der Waals surface area contributed by atoms with Gasteiger partial charge in [0.1, 0.15) is 5.82 Å². The van der Waals surface area contributed by atoms with E-state index in [0.29, 0.717) is 0 Å². The molecule has 0 aliphatic heterocycles. The van der Waals surface area contributed by atoms with E-state index in [2.05, 4.69) is 17.3 Å². The molecule has 3 heteroatoms. The Hall–Kier alpha value is -1.09. The summed E-state index contributed by atoms with van der Waals surface area (Å²) >= 11 is 0. The molecule has 0 radical (unpaired) electrons. The minimum atomic E-state index is -0.185. The SMILES string of the molecule is CN(CCNc1cccc(F)c1)C1CC1. The van der Waals surface area contributed by atoms with Crippen molar-refractivity contribution in [3.05, 3.63) is 30.1 Å². The Morgan fingerprint density at radius 1 is 1.47 bits per heavy atom. The van der Waals surface area contributed by atoms with Gasteiger partial charge < -0.3 is 10.2 Å². The monoisotopic (exact) mass is 208 g/mol. The summed E-state index contributed by atoms with van der Waals surface area (Å²) in [5.41, 5.74) is 0.860. The van der Waals surface area contributed by atoms with Gasteiger partial charge in [0, 0.05) is 24.8 Å². The second kappa shape index (κ2) is 4.62. The second-order valence-corrected chi connectivity index (χ2v) is 4.15. The van der Waals surface area contributed by atoms with Crippen molar-refractivity contribution in [2.45, 2.75) is 18.9 Å². The highest BCUT2D eigenvalue weighted by Gasteiger charge is 2.25. The maximum atomic E-state index is 12.8. The van der Waals surface area contributed by atoms with E-state index >= 15 is 0 Å². The zero-order valence-electron chi connectivity index (χ0n) is 9.04. The number of rotatable bonds is 5. The van der Waals surface area contributed by atoms with Gasteiger partial charge in [-0.15, -0.1) is 0 Å². The highest BCUT2D eigenvalue weighted by Crippen LogP contribution is 2.24. The van der Waals surface area contributed by atoms with Gasteiger partial charge in [-0.1, -0.05) is 6.07 Å². The fourth-order valence-electron chi connectivity index (χ4n) is 1.67. The van der Waals surface area contributed by atoms with Gasteiger partial charge in [0.25, 0.3) is 0 Å². The molecule has 0 unspecified atom stereocenters. The molecule has 1 saturated carbocycles. The van der Waals surface area contributed by atoms with Crippen LogP contribution in [-0.4, -0.2) is 31.1 Å². The lowest BCUT2D eigenvalue weighted by Gasteiger charge is -2.16. The maximum Gasteiger partial charge on any atom is 0.125 e. The molecule has 0 aromatic heterocycles. The van der Waals surface area contributed by atoms with Crippen LogP contribution in [0.15, 0.2) is 24.3 Å². The van der Waals surface area contributed by atoms with Gasteiger partial charge in [-0.3, -0.25) is 0 Å². The van der Waals surface area contributed by atoms with Crippen LogP contribution in [0, 0.1) is 5.82 Å².